The molecule has 0 saturated carbocycles. The first-order valence-electron chi connectivity index (χ1n) is 5.64. The highest BCUT2D eigenvalue weighted by molar-refractivity contribution is 5.15. The molecule has 0 rings (SSSR count). The summed E-state index contributed by atoms with van der Waals surface area (Å²) in [5.74, 6) is 0. The summed E-state index contributed by atoms with van der Waals surface area (Å²) in [6.45, 7) is 12.3. The third-order valence-corrected chi connectivity index (χ3v) is 2.32. The minimum Gasteiger partial charge on any atom is -0.0988 e. The molecule has 0 fully saturated rings. The molecular weight excluding hydrogens is 180 g/mol. The molecule has 0 aromatic rings. The standard InChI is InChI=1S/C15H24/c1-6-14(4)10-8-12-15(5)11-7-9-13(2)3/h6,9-10,12H,1,7-8,11H2,2-5H3/b14-10-,15-12?. The lowest BCUT2D eigenvalue weighted by molar-refractivity contribution is 0.958. The van der Waals surface area contributed by atoms with Gasteiger partial charge in [0.15, 0.2) is 0 Å². The minimum atomic E-state index is 1.03. The molecule has 0 unspecified atom stereocenters. The van der Waals surface area contributed by atoms with Gasteiger partial charge in [-0.15, -0.1) is 0 Å². The number of hydrogen-bond acceptors (Lipinski definition) is 0. The molecule has 0 amide bonds. The summed E-state index contributed by atoms with van der Waals surface area (Å²) in [4.78, 5) is 0. The monoisotopic (exact) mass is 204 g/mol. The maximum Gasteiger partial charge on any atom is -0.0161 e. The van der Waals surface area contributed by atoms with Crippen molar-refractivity contribution in [3.8, 4) is 0 Å². The van der Waals surface area contributed by atoms with E-state index in [1.165, 1.54) is 23.1 Å². The van der Waals surface area contributed by atoms with Crippen molar-refractivity contribution in [2.45, 2.75) is 47.0 Å². The van der Waals surface area contributed by atoms with Crippen LogP contribution in [-0.4, -0.2) is 0 Å². The third-order valence-electron chi connectivity index (χ3n) is 2.32. The lowest BCUT2D eigenvalue weighted by atomic mass is 10.1. The Morgan fingerprint density at radius 3 is 2.20 bits per heavy atom. The molecule has 0 aliphatic heterocycles. The molecule has 0 atom stereocenters. The topological polar surface area (TPSA) is 0 Å². The van der Waals surface area contributed by atoms with E-state index in [1.807, 2.05) is 6.08 Å². The van der Waals surface area contributed by atoms with E-state index in [4.69, 9.17) is 0 Å². The lowest BCUT2D eigenvalue weighted by Gasteiger charge is -1.98. The molecule has 0 aliphatic carbocycles. The van der Waals surface area contributed by atoms with E-state index in [9.17, 15) is 0 Å². The molecule has 0 N–H and O–H groups in total. The fourth-order valence-electron chi connectivity index (χ4n) is 1.22. The highest BCUT2D eigenvalue weighted by Crippen LogP contribution is 2.08. The quantitative estimate of drug-likeness (QED) is 0.412. The maximum absolute atomic E-state index is 3.73. The molecule has 0 aliphatic rings. The molecule has 84 valence electrons. The van der Waals surface area contributed by atoms with Crippen LogP contribution < -0.4 is 0 Å². The zero-order chi connectivity index (χ0) is 11.7. The summed E-state index contributed by atoms with van der Waals surface area (Å²) in [6.07, 6.45) is 12.1. The zero-order valence-corrected chi connectivity index (χ0v) is 10.6. The molecule has 0 spiro atoms. The molecule has 0 nitrogen and oxygen atoms in total. The van der Waals surface area contributed by atoms with Crippen molar-refractivity contribution in [1.82, 2.24) is 0 Å². The molecule has 0 heterocycles. The Morgan fingerprint density at radius 1 is 1.00 bits per heavy atom. The highest BCUT2D eigenvalue weighted by atomic mass is 13.9. The van der Waals surface area contributed by atoms with Crippen molar-refractivity contribution in [3.05, 3.63) is 47.6 Å². The van der Waals surface area contributed by atoms with Gasteiger partial charge < -0.3 is 0 Å². The van der Waals surface area contributed by atoms with Crippen molar-refractivity contribution in [1.29, 1.82) is 0 Å². The second-order valence-corrected chi connectivity index (χ2v) is 4.26. The Bertz CT molecular complexity index is 270. The molecule has 0 saturated heterocycles. The van der Waals surface area contributed by atoms with Gasteiger partial charge in [-0.05, 0) is 47.0 Å². The molecular formula is C15H24. The number of rotatable bonds is 6. The van der Waals surface area contributed by atoms with Crippen LogP contribution in [0.3, 0.4) is 0 Å². The van der Waals surface area contributed by atoms with Gasteiger partial charge in [-0.3, -0.25) is 0 Å². The normalized spacial score (nSPS) is 12.5. The molecule has 0 bridgehead atoms. The first-order valence-corrected chi connectivity index (χ1v) is 5.64. The van der Waals surface area contributed by atoms with Gasteiger partial charge in [0.1, 0.15) is 0 Å². The van der Waals surface area contributed by atoms with Crippen LogP contribution in [0.2, 0.25) is 0 Å². The third kappa shape index (κ3) is 9.27. The van der Waals surface area contributed by atoms with Gasteiger partial charge in [0.25, 0.3) is 0 Å². The van der Waals surface area contributed by atoms with Crippen LogP contribution in [0.4, 0.5) is 0 Å². The van der Waals surface area contributed by atoms with Gasteiger partial charge in [-0.2, -0.15) is 0 Å². The van der Waals surface area contributed by atoms with E-state index in [1.54, 1.807) is 0 Å². The fourth-order valence-corrected chi connectivity index (χ4v) is 1.22. The predicted octanol–water partition coefficient (Wildman–Crippen LogP) is 5.20. The second-order valence-electron chi connectivity index (χ2n) is 4.26. The first-order chi connectivity index (χ1) is 7.06. The average molecular weight is 204 g/mol. The van der Waals surface area contributed by atoms with Crippen LogP contribution in [0.5, 0.6) is 0 Å². The summed E-state index contributed by atoms with van der Waals surface area (Å²) >= 11 is 0. The predicted molar refractivity (Wildman–Crippen MR) is 71.0 cm³/mol. The van der Waals surface area contributed by atoms with Crippen molar-refractivity contribution >= 4 is 0 Å². The smallest absolute Gasteiger partial charge is 0.0161 e. The molecule has 15 heavy (non-hydrogen) atoms. The Balaban J connectivity index is 3.89. The maximum atomic E-state index is 3.73. The SMILES string of the molecule is C=C/C(C)=C\CC=C(C)CCC=C(C)C. The zero-order valence-electron chi connectivity index (χ0n) is 10.6. The summed E-state index contributed by atoms with van der Waals surface area (Å²) < 4.78 is 0. The molecule has 0 radical (unpaired) electrons. The van der Waals surface area contributed by atoms with Crippen LogP contribution in [0, 0.1) is 0 Å². The van der Waals surface area contributed by atoms with Gasteiger partial charge in [0, 0.05) is 0 Å². The Kier molecular flexibility index (Phi) is 7.71. The van der Waals surface area contributed by atoms with Crippen molar-refractivity contribution in [2.75, 3.05) is 0 Å². The van der Waals surface area contributed by atoms with E-state index in [2.05, 4.69) is 52.5 Å². The van der Waals surface area contributed by atoms with Crippen molar-refractivity contribution in [3.63, 3.8) is 0 Å². The Labute approximate surface area is 95.1 Å². The lowest BCUT2D eigenvalue weighted by Crippen LogP contribution is -1.77. The van der Waals surface area contributed by atoms with Crippen LogP contribution in [0.1, 0.15) is 47.0 Å². The van der Waals surface area contributed by atoms with E-state index >= 15 is 0 Å². The van der Waals surface area contributed by atoms with Crippen LogP contribution in [0.25, 0.3) is 0 Å². The van der Waals surface area contributed by atoms with Gasteiger partial charge in [0.05, 0.1) is 0 Å². The summed E-state index contributed by atoms with van der Waals surface area (Å²) in [5, 5.41) is 0. The largest absolute Gasteiger partial charge is 0.0988 e. The molecule has 0 aromatic carbocycles. The Morgan fingerprint density at radius 2 is 1.67 bits per heavy atom. The summed E-state index contributed by atoms with van der Waals surface area (Å²) in [7, 11) is 0. The fraction of sp³-hybridized carbons (Fsp3) is 0.467. The Hall–Kier alpha value is -1.04. The van der Waals surface area contributed by atoms with Crippen LogP contribution in [0.15, 0.2) is 47.6 Å². The number of hydrogen-bond donors (Lipinski definition) is 0. The van der Waals surface area contributed by atoms with E-state index in [-0.39, 0.29) is 0 Å². The van der Waals surface area contributed by atoms with E-state index < -0.39 is 0 Å². The van der Waals surface area contributed by atoms with Gasteiger partial charge in [0.2, 0.25) is 0 Å². The minimum absolute atomic E-state index is 1.03. The van der Waals surface area contributed by atoms with Gasteiger partial charge >= 0.3 is 0 Å². The van der Waals surface area contributed by atoms with Crippen molar-refractivity contribution < 1.29 is 0 Å². The average Bonchev–Trinajstić information content (AvgIpc) is 2.17. The van der Waals surface area contributed by atoms with Crippen molar-refractivity contribution in [2.24, 2.45) is 0 Å². The van der Waals surface area contributed by atoms with E-state index in [0.717, 1.165) is 12.8 Å². The van der Waals surface area contributed by atoms with Crippen LogP contribution in [-0.2, 0) is 0 Å². The number of allylic oxidation sites excluding steroid dienone is 7. The van der Waals surface area contributed by atoms with Gasteiger partial charge in [-0.1, -0.05) is 47.6 Å². The van der Waals surface area contributed by atoms with Gasteiger partial charge in [-0.25, -0.2) is 0 Å². The second kappa shape index (κ2) is 8.28. The van der Waals surface area contributed by atoms with Crippen LogP contribution >= 0.6 is 0 Å². The highest BCUT2D eigenvalue weighted by Gasteiger charge is 1.88. The molecule has 0 heteroatoms. The first kappa shape index (κ1) is 14.0. The summed E-state index contributed by atoms with van der Waals surface area (Å²) in [5.41, 5.74) is 4.13. The summed E-state index contributed by atoms with van der Waals surface area (Å²) in [6, 6.07) is 0. The molecule has 0 aromatic heterocycles. The van der Waals surface area contributed by atoms with E-state index in [0.29, 0.717) is 0 Å².